The van der Waals surface area contributed by atoms with Crippen LogP contribution in [-0.2, 0) is 6.54 Å². The molecule has 0 aromatic heterocycles. The quantitative estimate of drug-likeness (QED) is 0.761. The topological polar surface area (TPSA) is 41.5 Å². The molecular weight excluding hydrogens is 290 g/mol. The van der Waals surface area contributed by atoms with Crippen LogP contribution in [0.5, 0.6) is 5.75 Å². The largest absolute Gasteiger partial charge is 0.434 e. The minimum Gasteiger partial charge on any atom is -0.434 e. The maximum absolute atomic E-state index is 12.8. The Bertz CT molecular complexity index is 418. The number of halogens is 5. The van der Waals surface area contributed by atoms with Gasteiger partial charge in [0.15, 0.2) is 0 Å². The van der Waals surface area contributed by atoms with Crippen molar-refractivity contribution in [3.8, 4) is 5.75 Å². The third kappa shape index (κ3) is 5.63. The summed E-state index contributed by atoms with van der Waals surface area (Å²) in [5.74, 6) is -3.42. The normalized spacial score (nSPS) is 11.9. The molecule has 0 fully saturated rings. The van der Waals surface area contributed by atoms with Gasteiger partial charge in [-0.2, -0.15) is 8.78 Å². The summed E-state index contributed by atoms with van der Waals surface area (Å²) in [7, 11) is 0. The first-order valence-corrected chi connectivity index (χ1v) is 5.64. The predicted molar refractivity (Wildman–Crippen MR) is 61.8 cm³/mol. The average molecular weight is 302 g/mol. The maximum atomic E-state index is 12.8. The lowest BCUT2D eigenvalue weighted by Crippen LogP contribution is -2.35. The summed E-state index contributed by atoms with van der Waals surface area (Å²) in [6.45, 7) is -5.24. The van der Waals surface area contributed by atoms with Crippen LogP contribution in [0, 0.1) is 0 Å². The molecule has 0 atom stereocenters. The average Bonchev–Trinajstić information content (AvgIpc) is 2.32. The molecule has 0 heterocycles. The summed E-state index contributed by atoms with van der Waals surface area (Å²) in [6, 6.07) is 3.92. The van der Waals surface area contributed by atoms with Gasteiger partial charge in [0.1, 0.15) is 12.4 Å². The van der Waals surface area contributed by atoms with Crippen molar-refractivity contribution >= 4 is 11.6 Å². The summed E-state index contributed by atoms with van der Waals surface area (Å²) >= 11 is 5.69. The molecule has 0 aliphatic heterocycles. The van der Waals surface area contributed by atoms with E-state index < -0.39 is 25.7 Å². The van der Waals surface area contributed by atoms with E-state index in [-0.39, 0.29) is 22.9 Å². The van der Waals surface area contributed by atoms with Crippen molar-refractivity contribution in [2.75, 3.05) is 13.2 Å². The molecule has 0 aliphatic carbocycles. The van der Waals surface area contributed by atoms with Gasteiger partial charge in [0.25, 0.3) is 5.92 Å². The van der Waals surface area contributed by atoms with Gasteiger partial charge >= 0.3 is 6.61 Å². The highest BCUT2D eigenvalue weighted by Gasteiger charge is 2.26. The number of aliphatic hydroxyl groups excluding tert-OH is 1. The molecule has 108 valence electrons. The van der Waals surface area contributed by atoms with Gasteiger partial charge in [0.05, 0.1) is 6.54 Å². The lowest BCUT2D eigenvalue weighted by atomic mass is 10.2. The van der Waals surface area contributed by atoms with Crippen LogP contribution in [0.1, 0.15) is 5.56 Å². The number of nitrogens with one attached hydrogen (secondary N) is 1. The maximum Gasteiger partial charge on any atom is 0.387 e. The van der Waals surface area contributed by atoms with Gasteiger partial charge < -0.3 is 15.2 Å². The molecule has 0 saturated heterocycles. The van der Waals surface area contributed by atoms with E-state index >= 15 is 0 Å². The van der Waals surface area contributed by atoms with E-state index in [2.05, 4.69) is 10.1 Å². The van der Waals surface area contributed by atoms with Gasteiger partial charge in [-0.25, -0.2) is 8.78 Å². The number of hydrogen-bond acceptors (Lipinski definition) is 3. The van der Waals surface area contributed by atoms with E-state index in [1.54, 1.807) is 0 Å². The summed E-state index contributed by atoms with van der Waals surface area (Å²) in [5.41, 5.74) is 0.224. The van der Waals surface area contributed by atoms with Crippen LogP contribution in [0.3, 0.4) is 0 Å². The number of aliphatic hydroxyl groups is 1. The molecule has 0 aliphatic rings. The lowest BCUT2D eigenvalue weighted by molar-refractivity contribution is -0.0521. The van der Waals surface area contributed by atoms with Crippen LogP contribution in [0.25, 0.3) is 0 Å². The molecule has 2 N–H and O–H groups in total. The fourth-order valence-corrected chi connectivity index (χ4v) is 1.53. The highest BCUT2D eigenvalue weighted by molar-refractivity contribution is 6.30. The second-order valence-corrected chi connectivity index (χ2v) is 4.18. The molecule has 1 aromatic carbocycles. The van der Waals surface area contributed by atoms with E-state index in [1.807, 2.05) is 0 Å². The molecule has 1 rings (SSSR count). The number of rotatable bonds is 7. The van der Waals surface area contributed by atoms with Crippen LogP contribution >= 0.6 is 11.6 Å². The summed E-state index contributed by atoms with van der Waals surface area (Å²) in [5, 5.41) is 11.0. The second kappa shape index (κ2) is 6.93. The van der Waals surface area contributed by atoms with Gasteiger partial charge in [-0.3, -0.25) is 0 Å². The number of ether oxygens (including phenoxy) is 1. The molecular formula is C11H12ClF4NO2. The third-order valence-electron chi connectivity index (χ3n) is 2.17. The Morgan fingerprint density at radius 2 is 2.05 bits per heavy atom. The smallest absolute Gasteiger partial charge is 0.387 e. The Morgan fingerprint density at radius 1 is 1.37 bits per heavy atom. The van der Waals surface area contributed by atoms with E-state index in [0.29, 0.717) is 0 Å². The number of hydrogen-bond donors (Lipinski definition) is 2. The molecule has 8 heteroatoms. The molecule has 19 heavy (non-hydrogen) atoms. The van der Waals surface area contributed by atoms with Crippen LogP contribution in [0.2, 0.25) is 5.02 Å². The molecule has 1 aromatic rings. The predicted octanol–water partition coefficient (Wildman–Crippen LogP) is 2.66. The van der Waals surface area contributed by atoms with E-state index in [0.717, 1.165) is 0 Å². The summed E-state index contributed by atoms with van der Waals surface area (Å²) < 4.78 is 54.0. The Balaban J connectivity index is 2.68. The minimum absolute atomic E-state index is 0.140. The van der Waals surface area contributed by atoms with Crippen molar-refractivity contribution in [1.82, 2.24) is 5.32 Å². The molecule has 3 nitrogen and oxygen atoms in total. The van der Waals surface area contributed by atoms with Crippen molar-refractivity contribution in [1.29, 1.82) is 0 Å². The zero-order chi connectivity index (χ0) is 14.5. The monoisotopic (exact) mass is 301 g/mol. The zero-order valence-electron chi connectivity index (χ0n) is 9.68. The van der Waals surface area contributed by atoms with E-state index in [1.165, 1.54) is 18.2 Å². The van der Waals surface area contributed by atoms with Crippen LogP contribution < -0.4 is 10.1 Å². The molecule has 0 amide bonds. The van der Waals surface area contributed by atoms with Crippen LogP contribution in [0.15, 0.2) is 18.2 Å². The van der Waals surface area contributed by atoms with Crippen molar-refractivity contribution in [2.45, 2.75) is 19.1 Å². The molecule has 0 bridgehead atoms. The highest BCUT2D eigenvalue weighted by atomic mass is 35.5. The first kappa shape index (κ1) is 16.0. The second-order valence-electron chi connectivity index (χ2n) is 3.75. The number of benzene rings is 1. The third-order valence-corrected chi connectivity index (χ3v) is 2.40. The Hall–Kier alpha value is -1.05. The summed E-state index contributed by atoms with van der Waals surface area (Å²) in [4.78, 5) is 0. The first-order chi connectivity index (χ1) is 8.84. The van der Waals surface area contributed by atoms with E-state index in [9.17, 15) is 17.6 Å². The minimum atomic E-state index is -3.28. The van der Waals surface area contributed by atoms with Crippen LogP contribution in [0.4, 0.5) is 17.6 Å². The SMILES string of the molecule is OCC(F)(F)CNCc1cc(Cl)ccc1OC(F)F. The van der Waals surface area contributed by atoms with E-state index in [4.69, 9.17) is 16.7 Å². The van der Waals surface area contributed by atoms with Crippen molar-refractivity contribution in [3.05, 3.63) is 28.8 Å². The molecule has 0 unspecified atom stereocenters. The molecule has 0 saturated carbocycles. The van der Waals surface area contributed by atoms with Crippen molar-refractivity contribution in [3.63, 3.8) is 0 Å². The Labute approximate surface area is 112 Å². The van der Waals surface area contributed by atoms with Gasteiger partial charge in [-0.1, -0.05) is 11.6 Å². The molecule has 0 radical (unpaired) electrons. The fourth-order valence-electron chi connectivity index (χ4n) is 1.33. The van der Waals surface area contributed by atoms with Gasteiger partial charge in [-0.15, -0.1) is 0 Å². The highest BCUT2D eigenvalue weighted by Crippen LogP contribution is 2.24. The summed E-state index contributed by atoms with van der Waals surface area (Å²) in [6.07, 6.45) is 0. The van der Waals surface area contributed by atoms with Crippen molar-refractivity contribution in [2.24, 2.45) is 0 Å². The van der Waals surface area contributed by atoms with Crippen molar-refractivity contribution < 1.29 is 27.4 Å². The molecule has 0 spiro atoms. The van der Waals surface area contributed by atoms with Crippen LogP contribution in [-0.4, -0.2) is 30.8 Å². The van der Waals surface area contributed by atoms with Gasteiger partial charge in [-0.05, 0) is 18.2 Å². The lowest BCUT2D eigenvalue weighted by Gasteiger charge is -2.15. The Kier molecular flexibility index (Phi) is 5.84. The fraction of sp³-hybridized carbons (Fsp3) is 0.455. The standard InChI is InChI=1S/C11H12ClF4NO2/c12-8-1-2-9(19-10(13)14)7(3-8)4-17-5-11(15,16)6-18/h1-3,10,17-18H,4-6H2. The Morgan fingerprint density at radius 3 is 2.63 bits per heavy atom. The van der Waals surface area contributed by atoms with Gasteiger partial charge in [0.2, 0.25) is 0 Å². The van der Waals surface area contributed by atoms with Gasteiger partial charge in [0, 0.05) is 17.1 Å². The number of alkyl halides is 4. The zero-order valence-corrected chi connectivity index (χ0v) is 10.4. The first-order valence-electron chi connectivity index (χ1n) is 5.27.